The normalized spacial score (nSPS) is 15.5. The van der Waals surface area contributed by atoms with Crippen LogP contribution in [0, 0.1) is 0 Å². The molecule has 103 heavy (non-hydrogen) atoms. The Balaban J connectivity index is -0.000000139. The van der Waals surface area contributed by atoms with E-state index < -0.39 is 53.3 Å². The largest absolute Gasteiger partial charge is 1.00 e. The number of hydrogen-bond donors (Lipinski definition) is 3. The third kappa shape index (κ3) is 81.5. The minimum atomic E-state index is -1.62. The van der Waals surface area contributed by atoms with E-state index in [4.69, 9.17) is 82.2 Å². The Morgan fingerprint density at radius 2 is 0.932 bits per heavy atom. The molecule has 6 saturated heterocycles. The van der Waals surface area contributed by atoms with Gasteiger partial charge < -0.3 is 116 Å². The number of methoxy groups -OCH3 is 3. The summed E-state index contributed by atoms with van der Waals surface area (Å²) in [6, 6.07) is -1.18. The van der Waals surface area contributed by atoms with Crippen LogP contribution in [0.4, 0.5) is 0 Å². The second-order valence-corrected chi connectivity index (χ2v) is 23.3. The molecule has 6 fully saturated rings. The van der Waals surface area contributed by atoms with Gasteiger partial charge in [0.1, 0.15) is 30.3 Å². The molecule has 592 valence electrons. The molecule has 6 heterocycles. The second-order valence-electron chi connectivity index (χ2n) is 20.4. The van der Waals surface area contributed by atoms with E-state index in [1.165, 1.54) is 20.0 Å². The van der Waals surface area contributed by atoms with Gasteiger partial charge in [0.2, 0.25) is 5.78 Å². The number of ether oxygens (including phenoxy) is 15. The van der Waals surface area contributed by atoms with Gasteiger partial charge >= 0.3 is 85.2 Å². The van der Waals surface area contributed by atoms with Crippen LogP contribution in [-0.2, 0) is 114 Å². The van der Waals surface area contributed by atoms with Crippen LogP contribution in [0.3, 0.4) is 0 Å². The molecule has 0 radical (unpaired) electrons. The molecule has 0 aromatic heterocycles. The molecule has 0 bridgehead atoms. The Labute approximate surface area is 709 Å². The number of halogens is 6. The summed E-state index contributed by atoms with van der Waals surface area (Å²) in [4.78, 5) is 98.5. The van der Waals surface area contributed by atoms with Crippen molar-refractivity contribution in [2.75, 3.05) is 130 Å². The zero-order chi connectivity index (χ0) is 74.2. The van der Waals surface area contributed by atoms with Gasteiger partial charge in [-0.15, -0.1) is 17.0 Å². The molecule has 6 aliphatic heterocycles. The van der Waals surface area contributed by atoms with E-state index in [-0.39, 0.29) is 161 Å². The zero-order valence-electron chi connectivity index (χ0n) is 60.3. The smallest absolute Gasteiger partial charge is 0.769 e. The molecule has 40 heteroatoms. The maximum Gasteiger partial charge on any atom is 1.00 e. The van der Waals surface area contributed by atoms with E-state index in [2.05, 4.69) is 74.1 Å². The summed E-state index contributed by atoms with van der Waals surface area (Å²) in [6.45, 7) is 10.5. The van der Waals surface area contributed by atoms with Crippen molar-refractivity contribution in [3.8, 4) is 0 Å². The van der Waals surface area contributed by atoms with Crippen molar-refractivity contribution < 1.29 is 207 Å². The predicted octanol–water partition coefficient (Wildman–Crippen LogP) is -3.35. The van der Waals surface area contributed by atoms with Crippen LogP contribution in [0.2, 0.25) is 0 Å². The molecule has 0 aliphatic carbocycles. The number of carboxylic acid groups (broad SMARTS) is 3. The molecule has 0 spiro atoms. The zero-order valence-corrected chi connectivity index (χ0v) is 71.7. The van der Waals surface area contributed by atoms with Crippen LogP contribution in [-0.4, -0.2) is 248 Å². The maximum absolute atomic E-state index is 11.3. The van der Waals surface area contributed by atoms with Gasteiger partial charge in [-0.05, 0) is 152 Å². The van der Waals surface area contributed by atoms with E-state index in [0.717, 1.165) is 106 Å². The van der Waals surface area contributed by atoms with Crippen LogP contribution in [0.1, 0.15) is 162 Å². The number of hydrogen-bond acceptors (Lipinski definition) is 30. The number of alkyl halides is 3. The monoisotopic (exact) mass is 1870 g/mol. The molecule has 0 aromatic rings. The SMILES string of the molecule is Br.BrCCCC1OCCO1.C.C1CCOC1.CCOC(=O)C(=O)CCCC1OCCO1.COC(=O)C(CCCC(OC)OC)N=CI.NC(CCCC1OCCO1)C(=O)O.O=C([O-])C(=O)CCCC1OCCO1.O=C([O-])C(=O)CCCC1OCCO1.O=CCCCBr.OCCCCBr.[Li+].[Li+].[Na+].[O-]Cl. The number of aliphatic imine (C=N–C) groups is 1. The first-order valence-corrected chi connectivity index (χ1v) is 37.2. The van der Waals surface area contributed by atoms with Gasteiger partial charge in [0.15, 0.2) is 49.3 Å². The summed E-state index contributed by atoms with van der Waals surface area (Å²) in [5, 5.41) is 39.7. The molecular weight excluding hydrogens is 1770 g/mol. The summed E-state index contributed by atoms with van der Waals surface area (Å²) in [5.41, 5.74) is 5.32. The van der Waals surface area contributed by atoms with Gasteiger partial charge in [-0.1, -0.05) is 55.2 Å². The van der Waals surface area contributed by atoms with Crippen LogP contribution < -0.4 is 87.9 Å². The Bertz CT molecular complexity index is 1940. The van der Waals surface area contributed by atoms with E-state index in [0.29, 0.717) is 117 Å². The van der Waals surface area contributed by atoms with Gasteiger partial charge in [-0.3, -0.25) is 24.2 Å². The van der Waals surface area contributed by atoms with Gasteiger partial charge in [0, 0.05) is 75.7 Å². The third-order valence-corrected chi connectivity index (χ3v) is 14.8. The van der Waals surface area contributed by atoms with Gasteiger partial charge in [-0.25, -0.2) is 21.5 Å². The Morgan fingerprint density at radius 3 is 1.19 bits per heavy atom. The summed E-state index contributed by atoms with van der Waals surface area (Å²) in [5.74, 6) is -7.44. The number of esters is 2. The quantitative estimate of drug-likeness (QED) is 0.00626. The number of carboxylic acids is 3. The van der Waals surface area contributed by atoms with Crippen molar-refractivity contribution in [1.82, 2.24) is 0 Å². The number of unbranched alkanes of at least 4 members (excludes halogenated alkanes) is 2. The molecule has 2 unspecified atom stereocenters. The summed E-state index contributed by atoms with van der Waals surface area (Å²) < 4.78 is 85.2. The number of nitrogens with two attached hydrogens (primary N) is 1. The van der Waals surface area contributed by atoms with Crippen molar-refractivity contribution >= 4 is 157 Å². The third-order valence-electron chi connectivity index (χ3n) is 12.8. The molecular formula is C63H111Br4ClILi2N2NaO29. The molecule has 31 nitrogen and oxygen atoms in total. The number of aliphatic hydroxyl groups is 1. The maximum atomic E-state index is 11.3. The first-order chi connectivity index (χ1) is 47.3. The molecule has 0 aromatic carbocycles. The Hall–Kier alpha value is 0.195. The Morgan fingerprint density at radius 1 is 0.573 bits per heavy atom. The number of rotatable bonds is 38. The molecule has 0 amide bonds. The number of aliphatic hydroxyl groups excluding tert-OH is 1. The minimum absolute atomic E-state index is 0. The summed E-state index contributed by atoms with van der Waals surface area (Å²) in [6.07, 6.45) is 15.8. The van der Waals surface area contributed by atoms with Gasteiger partial charge in [0.25, 0.3) is 0 Å². The standard InChI is InChI=1S/C10H18INO4.C10H16O5.C8H15NO4.2C8H12O5.C6H11BrO2.C4H9BrO.C4H7BrO.C4H8O.CH4.BrH.ClO.2Li.Na/c1-14-9(15-2)6-4-5-8(12-7-11)10(13)16-3;1-2-13-10(12)8(11)4-3-5-9-14-6-7-15-9;3*9-6(8(10)11)2-1-3-7-12-4-5-13-7;7-3-1-2-6-8-4-5-9-6;2*5-3-1-2-4-6;1-2-4-5-3-1;;;1-2;;;/h7-9H,4-6H2,1-3H3;9H,2-7H2,1H3;6-7H,1-5,9H2,(H,10,11);2*7H,1-5H2,(H,10,11);6H,1-5H2;6H,1-4H2;4H,1-3H2;1-4H2;1H4;1H;;;;/q;;;;;;;;;;;-1;3*+1/p-2. The van der Waals surface area contributed by atoms with E-state index >= 15 is 0 Å². The van der Waals surface area contributed by atoms with Crippen molar-refractivity contribution in [2.45, 2.75) is 212 Å². The average Bonchev–Trinajstić information content (AvgIpc) is 2.04. The number of aldehydes is 1. The number of ketones is 3. The number of aliphatic carboxylic acids is 3. The first-order valence-electron chi connectivity index (χ1n) is 32.3. The topological polar surface area (TPSA) is 440 Å². The van der Waals surface area contributed by atoms with Crippen LogP contribution >= 0.6 is 99.2 Å². The number of carbonyl (C=O) groups is 9. The van der Waals surface area contributed by atoms with Gasteiger partial charge in [-0.2, -0.15) is 0 Å². The van der Waals surface area contributed by atoms with Crippen molar-refractivity contribution in [3.63, 3.8) is 0 Å². The predicted molar refractivity (Wildman–Crippen MR) is 386 cm³/mol. The summed E-state index contributed by atoms with van der Waals surface area (Å²) in [7, 11) is 4.55. The van der Waals surface area contributed by atoms with Crippen LogP contribution in [0.15, 0.2) is 4.99 Å². The molecule has 6 rings (SSSR count). The van der Waals surface area contributed by atoms with E-state index in [1.54, 1.807) is 25.4 Å². The minimum Gasteiger partial charge on any atom is -0.769 e. The van der Waals surface area contributed by atoms with Crippen molar-refractivity contribution in [1.29, 1.82) is 0 Å². The number of carbonyl (C=O) groups excluding carboxylic acids is 8. The Kier molecular flexibility index (Phi) is 109. The average molecular weight is 1880 g/mol. The molecule has 2 atom stereocenters. The van der Waals surface area contributed by atoms with E-state index in [9.17, 15) is 53.4 Å². The van der Waals surface area contributed by atoms with Crippen LogP contribution in [0.25, 0.3) is 0 Å². The van der Waals surface area contributed by atoms with E-state index in [1.807, 2.05) is 22.6 Å². The fourth-order valence-corrected chi connectivity index (χ4v) is 9.12. The van der Waals surface area contributed by atoms with Crippen LogP contribution in [0.5, 0.6) is 0 Å². The fraction of sp³-hybridized carbons (Fsp3) is 0.841. The molecule has 6 aliphatic rings. The van der Waals surface area contributed by atoms with Crippen molar-refractivity contribution in [3.05, 3.63) is 0 Å². The number of nitrogens with zero attached hydrogens (tertiary/aromatic N) is 1. The van der Waals surface area contributed by atoms with Crippen molar-refractivity contribution in [2.24, 2.45) is 10.7 Å². The second kappa shape index (κ2) is 92.8. The first kappa shape index (κ1) is 121. The number of Topliss-reactive ketones (excluding diaryl/α,β-unsaturated/α-hetero) is 3. The summed E-state index contributed by atoms with van der Waals surface area (Å²) >= 11 is 15.1. The fourth-order valence-electron chi connectivity index (χ4n) is 7.69. The van der Waals surface area contributed by atoms with Gasteiger partial charge in [0.05, 0.1) is 84.0 Å². The molecule has 4 N–H and O–H groups in total. The molecule has 0 saturated carbocycles.